The molecule has 1 heterocycles. The molecule has 0 aliphatic carbocycles. The monoisotopic (exact) mass is 181 g/mol. The second-order valence-electron chi connectivity index (χ2n) is 2.88. The average molecular weight is 181 g/mol. The minimum atomic E-state index is 0.126. The highest BCUT2D eigenvalue weighted by Gasteiger charge is 2.07. The van der Waals surface area contributed by atoms with Gasteiger partial charge in [0.2, 0.25) is 0 Å². The minimum Gasteiger partial charge on any atom is -0.395 e. The summed E-state index contributed by atoms with van der Waals surface area (Å²) in [4.78, 5) is 3.98. The molecule has 1 aromatic rings. The molecule has 0 spiro atoms. The number of aliphatic hydroxyl groups is 1. The summed E-state index contributed by atoms with van der Waals surface area (Å²) in [5, 5.41) is 11.7. The third-order valence-corrected chi connectivity index (χ3v) is 1.90. The van der Waals surface area contributed by atoms with E-state index in [1.54, 1.807) is 6.20 Å². The highest BCUT2D eigenvalue weighted by molar-refractivity contribution is 5.40. The second kappa shape index (κ2) is 4.79. The molecule has 4 heteroatoms. The van der Waals surface area contributed by atoms with Gasteiger partial charge >= 0.3 is 0 Å². The molecule has 0 fully saturated rings. The van der Waals surface area contributed by atoms with Crippen molar-refractivity contribution in [2.45, 2.75) is 13.0 Å². The summed E-state index contributed by atoms with van der Waals surface area (Å²) in [7, 11) is 0. The van der Waals surface area contributed by atoms with E-state index in [4.69, 9.17) is 10.8 Å². The highest BCUT2D eigenvalue weighted by atomic mass is 16.3. The lowest BCUT2D eigenvalue weighted by atomic mass is 10.1. The first-order valence-electron chi connectivity index (χ1n) is 4.30. The van der Waals surface area contributed by atoms with Crippen LogP contribution in [0.25, 0.3) is 0 Å². The van der Waals surface area contributed by atoms with Crippen LogP contribution in [-0.4, -0.2) is 23.2 Å². The Labute approximate surface area is 77.8 Å². The van der Waals surface area contributed by atoms with Gasteiger partial charge in [0, 0.05) is 24.3 Å². The summed E-state index contributed by atoms with van der Waals surface area (Å²) in [6.45, 7) is 2.68. The van der Waals surface area contributed by atoms with Crippen molar-refractivity contribution < 1.29 is 5.11 Å². The maximum Gasteiger partial charge on any atom is 0.128 e. The van der Waals surface area contributed by atoms with Gasteiger partial charge in [0.25, 0.3) is 0 Å². The maximum absolute atomic E-state index is 8.62. The number of aliphatic hydroxyl groups excluding tert-OH is 1. The Kier molecular flexibility index (Phi) is 3.67. The molecule has 72 valence electrons. The highest BCUT2D eigenvalue weighted by Crippen LogP contribution is 2.16. The van der Waals surface area contributed by atoms with Crippen molar-refractivity contribution in [3.63, 3.8) is 0 Å². The first kappa shape index (κ1) is 9.95. The summed E-state index contributed by atoms with van der Waals surface area (Å²) < 4.78 is 0. The van der Waals surface area contributed by atoms with Gasteiger partial charge in [0.15, 0.2) is 0 Å². The number of nitrogens with two attached hydrogens (primary N) is 1. The van der Waals surface area contributed by atoms with Crippen LogP contribution in [0.1, 0.15) is 18.5 Å². The van der Waals surface area contributed by atoms with Crippen LogP contribution in [-0.2, 0) is 0 Å². The van der Waals surface area contributed by atoms with E-state index in [-0.39, 0.29) is 12.6 Å². The van der Waals surface area contributed by atoms with Gasteiger partial charge in [-0.2, -0.15) is 0 Å². The Balaban J connectivity index is 2.65. The molecule has 0 radical (unpaired) electrons. The Morgan fingerprint density at radius 2 is 2.46 bits per heavy atom. The van der Waals surface area contributed by atoms with Gasteiger partial charge in [-0.25, -0.2) is 4.98 Å². The number of rotatable bonds is 4. The molecule has 1 rings (SSSR count). The molecule has 0 aromatic carbocycles. The van der Waals surface area contributed by atoms with E-state index in [2.05, 4.69) is 10.3 Å². The van der Waals surface area contributed by atoms with Gasteiger partial charge in [-0.05, 0) is 13.0 Å². The van der Waals surface area contributed by atoms with Crippen molar-refractivity contribution in [2.24, 2.45) is 0 Å². The maximum atomic E-state index is 8.62. The summed E-state index contributed by atoms with van der Waals surface area (Å²) in [5.74, 6) is 0.542. The Morgan fingerprint density at radius 1 is 1.69 bits per heavy atom. The van der Waals surface area contributed by atoms with Crippen LogP contribution in [0.3, 0.4) is 0 Å². The molecule has 4 nitrogen and oxygen atoms in total. The third-order valence-electron chi connectivity index (χ3n) is 1.90. The Bertz CT molecular complexity index is 265. The van der Waals surface area contributed by atoms with Crippen LogP contribution in [0.2, 0.25) is 0 Å². The first-order valence-corrected chi connectivity index (χ1v) is 4.30. The van der Waals surface area contributed by atoms with Crippen LogP contribution in [0.5, 0.6) is 0 Å². The van der Waals surface area contributed by atoms with Crippen LogP contribution >= 0.6 is 0 Å². The summed E-state index contributed by atoms with van der Waals surface area (Å²) in [6.07, 6.45) is 1.66. The standard InChI is InChI=1S/C9H15N3O/c1-7(11-5-6-13)8-3-2-4-12-9(8)10/h2-4,7,11,13H,5-6H2,1H3,(H2,10,12). The topological polar surface area (TPSA) is 71.2 Å². The minimum absolute atomic E-state index is 0.126. The summed E-state index contributed by atoms with van der Waals surface area (Å²) in [5.41, 5.74) is 6.65. The quantitative estimate of drug-likeness (QED) is 0.625. The number of nitrogens with one attached hydrogen (secondary N) is 1. The largest absolute Gasteiger partial charge is 0.395 e. The lowest BCUT2D eigenvalue weighted by molar-refractivity contribution is 0.286. The third kappa shape index (κ3) is 2.68. The summed E-state index contributed by atoms with van der Waals surface area (Å²) in [6, 6.07) is 3.90. The molecular formula is C9H15N3O. The molecule has 4 N–H and O–H groups in total. The normalized spacial score (nSPS) is 12.8. The van der Waals surface area contributed by atoms with Crippen LogP contribution in [0, 0.1) is 0 Å². The fourth-order valence-electron chi connectivity index (χ4n) is 1.19. The molecular weight excluding hydrogens is 166 g/mol. The zero-order valence-corrected chi connectivity index (χ0v) is 7.70. The molecule has 0 aliphatic rings. The zero-order chi connectivity index (χ0) is 9.68. The van der Waals surface area contributed by atoms with E-state index < -0.39 is 0 Å². The molecule has 0 saturated carbocycles. The van der Waals surface area contributed by atoms with Crippen molar-refractivity contribution in [2.75, 3.05) is 18.9 Å². The molecule has 0 amide bonds. The molecule has 13 heavy (non-hydrogen) atoms. The van der Waals surface area contributed by atoms with Crippen LogP contribution < -0.4 is 11.1 Å². The van der Waals surface area contributed by atoms with E-state index in [0.29, 0.717) is 12.4 Å². The lowest BCUT2D eigenvalue weighted by Crippen LogP contribution is -2.23. The van der Waals surface area contributed by atoms with E-state index in [9.17, 15) is 0 Å². The van der Waals surface area contributed by atoms with Gasteiger partial charge in [-0.3, -0.25) is 0 Å². The molecule has 1 unspecified atom stereocenters. The number of pyridine rings is 1. The Morgan fingerprint density at radius 3 is 3.08 bits per heavy atom. The van der Waals surface area contributed by atoms with Gasteiger partial charge in [-0.1, -0.05) is 6.07 Å². The van der Waals surface area contributed by atoms with Gasteiger partial charge in [-0.15, -0.1) is 0 Å². The molecule has 1 aromatic heterocycles. The van der Waals surface area contributed by atoms with Crippen molar-refractivity contribution in [3.8, 4) is 0 Å². The van der Waals surface area contributed by atoms with Gasteiger partial charge in [0.1, 0.15) is 5.82 Å². The van der Waals surface area contributed by atoms with E-state index in [1.807, 2.05) is 19.1 Å². The van der Waals surface area contributed by atoms with Crippen molar-refractivity contribution in [1.29, 1.82) is 0 Å². The van der Waals surface area contributed by atoms with Gasteiger partial charge < -0.3 is 16.2 Å². The van der Waals surface area contributed by atoms with E-state index >= 15 is 0 Å². The van der Waals surface area contributed by atoms with Crippen molar-refractivity contribution in [3.05, 3.63) is 23.9 Å². The fourth-order valence-corrected chi connectivity index (χ4v) is 1.19. The number of aromatic nitrogens is 1. The predicted octanol–water partition coefficient (Wildman–Crippen LogP) is 0.307. The fraction of sp³-hybridized carbons (Fsp3) is 0.444. The smallest absolute Gasteiger partial charge is 0.128 e. The Hall–Kier alpha value is -1.13. The first-order chi connectivity index (χ1) is 6.25. The molecule has 0 bridgehead atoms. The number of hydrogen-bond acceptors (Lipinski definition) is 4. The molecule has 1 atom stereocenters. The van der Waals surface area contributed by atoms with Gasteiger partial charge in [0.05, 0.1) is 6.61 Å². The van der Waals surface area contributed by atoms with Crippen LogP contribution in [0.4, 0.5) is 5.82 Å². The van der Waals surface area contributed by atoms with E-state index in [0.717, 1.165) is 5.56 Å². The molecule has 0 saturated heterocycles. The second-order valence-corrected chi connectivity index (χ2v) is 2.88. The number of hydrogen-bond donors (Lipinski definition) is 3. The van der Waals surface area contributed by atoms with Crippen molar-refractivity contribution >= 4 is 5.82 Å². The number of nitrogen functional groups attached to an aromatic ring is 1. The van der Waals surface area contributed by atoms with E-state index in [1.165, 1.54) is 0 Å². The number of anilines is 1. The predicted molar refractivity (Wildman–Crippen MR) is 52.2 cm³/mol. The number of nitrogens with zero attached hydrogens (tertiary/aromatic N) is 1. The SMILES string of the molecule is CC(NCCO)c1cccnc1N. The lowest BCUT2D eigenvalue weighted by Gasteiger charge is -2.14. The summed E-state index contributed by atoms with van der Waals surface area (Å²) >= 11 is 0. The zero-order valence-electron chi connectivity index (χ0n) is 7.70. The van der Waals surface area contributed by atoms with Crippen molar-refractivity contribution in [1.82, 2.24) is 10.3 Å². The average Bonchev–Trinajstić information content (AvgIpc) is 2.15. The van der Waals surface area contributed by atoms with Crippen LogP contribution in [0.15, 0.2) is 18.3 Å². The molecule has 0 aliphatic heterocycles.